The molecule has 11 heteroatoms. The summed E-state index contributed by atoms with van der Waals surface area (Å²) in [5.74, 6) is -2.89. The Kier molecular flexibility index (Phi) is 6.96. The molecule has 1 heterocycles. The molecule has 4 rings (SSSR count). The minimum Gasteiger partial charge on any atom is -0.446 e. The first-order valence-electron chi connectivity index (χ1n) is 11.7. The molecule has 2 aliphatic rings. The van der Waals surface area contributed by atoms with Crippen LogP contribution in [0.2, 0.25) is 0 Å². The summed E-state index contributed by atoms with van der Waals surface area (Å²) >= 11 is 0. The van der Waals surface area contributed by atoms with Crippen molar-refractivity contribution in [3.05, 3.63) is 42.5 Å². The number of hydrogen-bond acceptors (Lipinski definition) is 5. The second kappa shape index (κ2) is 9.68. The zero-order valence-electron chi connectivity index (χ0n) is 20.3. The third-order valence-electron chi connectivity index (χ3n) is 6.43. The molecule has 2 aromatic carbocycles. The van der Waals surface area contributed by atoms with Crippen molar-refractivity contribution in [1.82, 2.24) is 0 Å². The SMILES string of the molecule is CC(=O)N1c2ccc(-c3ccc(NS(C)(=O)=O)cc3)cc2N(C(=O)OC2CCC(F)(F)CC2)CC1C. The number of benzene rings is 2. The molecule has 1 atom stereocenters. The molecule has 1 fully saturated rings. The number of carbonyl (C=O) groups excluding carboxylic acids is 2. The monoisotopic (exact) mass is 521 g/mol. The fourth-order valence-corrected chi connectivity index (χ4v) is 5.30. The van der Waals surface area contributed by atoms with Gasteiger partial charge in [0.2, 0.25) is 21.9 Å². The van der Waals surface area contributed by atoms with Crippen LogP contribution >= 0.6 is 0 Å². The van der Waals surface area contributed by atoms with Crippen LogP contribution in [0.4, 0.5) is 30.6 Å². The highest BCUT2D eigenvalue weighted by Crippen LogP contribution is 2.40. The summed E-state index contributed by atoms with van der Waals surface area (Å²) in [4.78, 5) is 28.7. The van der Waals surface area contributed by atoms with Gasteiger partial charge in [-0.15, -0.1) is 0 Å². The molecule has 8 nitrogen and oxygen atoms in total. The topological polar surface area (TPSA) is 96.0 Å². The van der Waals surface area contributed by atoms with Gasteiger partial charge in [-0.05, 0) is 55.2 Å². The number of amides is 2. The van der Waals surface area contributed by atoms with Crippen LogP contribution in [-0.4, -0.2) is 51.3 Å². The number of rotatable bonds is 4. The summed E-state index contributed by atoms with van der Waals surface area (Å²) in [6.45, 7) is 3.47. The smallest absolute Gasteiger partial charge is 0.414 e. The number of halogens is 2. The van der Waals surface area contributed by atoms with E-state index in [4.69, 9.17) is 4.74 Å². The molecule has 1 saturated carbocycles. The fraction of sp³-hybridized carbons (Fsp3) is 0.440. The number of ether oxygens (including phenoxy) is 1. The minimum atomic E-state index is -3.41. The quantitative estimate of drug-likeness (QED) is 0.611. The minimum absolute atomic E-state index is 0.0997. The lowest BCUT2D eigenvalue weighted by Gasteiger charge is -2.41. The van der Waals surface area contributed by atoms with Crippen LogP contribution < -0.4 is 14.5 Å². The van der Waals surface area contributed by atoms with E-state index in [0.717, 1.165) is 17.4 Å². The van der Waals surface area contributed by atoms with Gasteiger partial charge >= 0.3 is 6.09 Å². The Labute approximate surface area is 209 Å². The molecule has 0 spiro atoms. The van der Waals surface area contributed by atoms with Crippen LogP contribution in [0.25, 0.3) is 11.1 Å². The van der Waals surface area contributed by atoms with Gasteiger partial charge in [0.1, 0.15) is 6.10 Å². The summed E-state index contributed by atoms with van der Waals surface area (Å²) in [7, 11) is -3.41. The van der Waals surface area contributed by atoms with Crippen LogP contribution in [0.5, 0.6) is 0 Å². The summed E-state index contributed by atoms with van der Waals surface area (Å²) in [6, 6.07) is 11.8. The molecular formula is C25H29F2N3O5S. The molecule has 1 unspecified atom stereocenters. The predicted octanol–water partition coefficient (Wildman–Crippen LogP) is 5.00. The molecule has 0 aromatic heterocycles. The van der Waals surface area contributed by atoms with Crippen molar-refractivity contribution in [2.45, 2.75) is 57.6 Å². The van der Waals surface area contributed by atoms with Gasteiger partial charge in [0.15, 0.2) is 0 Å². The van der Waals surface area contributed by atoms with E-state index >= 15 is 0 Å². The van der Waals surface area contributed by atoms with Crippen molar-refractivity contribution in [3.63, 3.8) is 0 Å². The fourth-order valence-electron chi connectivity index (χ4n) is 4.74. The highest BCUT2D eigenvalue weighted by Gasteiger charge is 2.39. The van der Waals surface area contributed by atoms with Gasteiger partial charge in [0, 0.05) is 32.0 Å². The summed E-state index contributed by atoms with van der Waals surface area (Å²) in [5.41, 5.74) is 2.96. The Morgan fingerprint density at radius 3 is 2.22 bits per heavy atom. The third-order valence-corrected chi connectivity index (χ3v) is 7.03. The lowest BCUT2D eigenvalue weighted by atomic mass is 9.94. The summed E-state index contributed by atoms with van der Waals surface area (Å²) < 4.78 is 58.0. The van der Waals surface area contributed by atoms with Crippen molar-refractivity contribution in [2.75, 3.05) is 27.3 Å². The molecule has 1 N–H and O–H groups in total. The lowest BCUT2D eigenvalue weighted by Crippen LogP contribution is -2.52. The van der Waals surface area contributed by atoms with Gasteiger partial charge in [0.05, 0.1) is 23.7 Å². The number of alkyl halides is 2. The summed E-state index contributed by atoms with van der Waals surface area (Å²) in [6.07, 6.45) is -0.579. The van der Waals surface area contributed by atoms with Crippen molar-refractivity contribution in [2.24, 2.45) is 0 Å². The van der Waals surface area contributed by atoms with Gasteiger partial charge in [-0.2, -0.15) is 0 Å². The Morgan fingerprint density at radius 2 is 1.64 bits per heavy atom. The molecule has 1 aliphatic heterocycles. The highest BCUT2D eigenvalue weighted by molar-refractivity contribution is 7.92. The number of fused-ring (bicyclic) bond motifs is 1. The average molecular weight is 522 g/mol. The average Bonchev–Trinajstić information content (AvgIpc) is 2.78. The van der Waals surface area contributed by atoms with E-state index < -0.39 is 28.1 Å². The maximum Gasteiger partial charge on any atom is 0.414 e. The van der Waals surface area contributed by atoms with Crippen LogP contribution in [0.15, 0.2) is 42.5 Å². The van der Waals surface area contributed by atoms with Gasteiger partial charge in [-0.25, -0.2) is 22.0 Å². The maximum atomic E-state index is 13.5. The number of carbonyl (C=O) groups is 2. The normalized spacial score (nSPS) is 20.0. The molecule has 2 aromatic rings. The molecule has 0 radical (unpaired) electrons. The third kappa shape index (κ3) is 5.77. The summed E-state index contributed by atoms with van der Waals surface area (Å²) in [5, 5.41) is 0. The molecule has 2 amide bonds. The Morgan fingerprint density at radius 1 is 1.03 bits per heavy atom. The Hall–Kier alpha value is -3.21. The number of nitrogens with zero attached hydrogens (tertiary/aromatic N) is 2. The van der Waals surface area contributed by atoms with Crippen molar-refractivity contribution in [3.8, 4) is 11.1 Å². The molecular weight excluding hydrogens is 492 g/mol. The van der Waals surface area contributed by atoms with E-state index in [0.29, 0.717) is 17.1 Å². The predicted molar refractivity (Wildman–Crippen MR) is 134 cm³/mol. The van der Waals surface area contributed by atoms with E-state index in [9.17, 15) is 26.8 Å². The van der Waals surface area contributed by atoms with Crippen molar-refractivity contribution >= 4 is 39.1 Å². The van der Waals surface area contributed by atoms with Crippen LogP contribution in [-0.2, 0) is 19.6 Å². The number of sulfonamides is 1. The number of anilines is 3. The first-order valence-corrected chi connectivity index (χ1v) is 13.6. The molecule has 36 heavy (non-hydrogen) atoms. The van der Waals surface area contributed by atoms with E-state index in [1.807, 2.05) is 13.0 Å². The molecule has 194 valence electrons. The van der Waals surface area contributed by atoms with E-state index in [1.54, 1.807) is 41.3 Å². The van der Waals surface area contributed by atoms with Crippen LogP contribution in [0.3, 0.4) is 0 Å². The van der Waals surface area contributed by atoms with E-state index in [2.05, 4.69) is 4.72 Å². The van der Waals surface area contributed by atoms with Crippen LogP contribution in [0, 0.1) is 0 Å². The Bertz CT molecular complexity index is 1260. The number of nitrogens with one attached hydrogen (secondary N) is 1. The second-order valence-corrected chi connectivity index (χ2v) is 11.2. The van der Waals surface area contributed by atoms with E-state index in [-0.39, 0.29) is 44.2 Å². The first kappa shape index (κ1) is 25.9. The molecule has 1 aliphatic carbocycles. The van der Waals surface area contributed by atoms with Crippen molar-refractivity contribution < 1.29 is 31.5 Å². The van der Waals surface area contributed by atoms with Crippen molar-refractivity contribution in [1.29, 1.82) is 0 Å². The first-order chi connectivity index (χ1) is 16.8. The number of hydrogen-bond donors (Lipinski definition) is 1. The lowest BCUT2D eigenvalue weighted by molar-refractivity contribution is -0.117. The second-order valence-electron chi connectivity index (χ2n) is 9.44. The molecule has 0 saturated heterocycles. The largest absolute Gasteiger partial charge is 0.446 e. The highest BCUT2D eigenvalue weighted by atomic mass is 32.2. The molecule has 0 bridgehead atoms. The Balaban J connectivity index is 1.64. The van der Waals surface area contributed by atoms with Gasteiger partial charge < -0.3 is 9.64 Å². The standard InChI is InChI=1S/C25H29F2N3O5S/c1-16-15-29(24(32)35-21-10-12-25(26,27)13-11-21)23-14-19(6-9-22(23)30(16)17(2)31)18-4-7-20(8-5-18)28-36(3,33)34/h4-9,14,16,21,28H,10-13,15H2,1-3H3. The zero-order valence-corrected chi connectivity index (χ0v) is 21.1. The van der Waals surface area contributed by atoms with Gasteiger partial charge in [-0.1, -0.05) is 18.2 Å². The zero-order chi connectivity index (χ0) is 26.3. The maximum absolute atomic E-state index is 13.5. The van der Waals surface area contributed by atoms with Gasteiger partial charge in [0.25, 0.3) is 0 Å². The van der Waals surface area contributed by atoms with Crippen LogP contribution in [0.1, 0.15) is 39.5 Å². The van der Waals surface area contributed by atoms with E-state index in [1.165, 1.54) is 11.8 Å². The van der Waals surface area contributed by atoms with Gasteiger partial charge in [-0.3, -0.25) is 14.4 Å².